The minimum absolute atomic E-state index is 0.239. The van der Waals surface area contributed by atoms with Crippen LogP contribution in [-0.4, -0.2) is 20.9 Å². The minimum atomic E-state index is -0.401. The van der Waals surface area contributed by atoms with E-state index in [9.17, 15) is 9.59 Å². The van der Waals surface area contributed by atoms with Gasteiger partial charge in [0.2, 0.25) is 5.91 Å². The predicted molar refractivity (Wildman–Crippen MR) is 83.6 cm³/mol. The number of hydrogen-bond donors (Lipinski definition) is 1. The molecule has 0 bridgehead atoms. The summed E-state index contributed by atoms with van der Waals surface area (Å²) in [6, 6.07) is 15.2. The molecule has 0 aliphatic rings. The summed E-state index contributed by atoms with van der Waals surface area (Å²) < 4.78 is 1.02. The molecule has 3 aromatic rings. The van der Waals surface area contributed by atoms with Crippen LogP contribution in [0.2, 0.25) is 0 Å². The normalized spacial score (nSPS) is 10.2. The second-order valence-electron chi connectivity index (χ2n) is 4.81. The van der Waals surface area contributed by atoms with E-state index in [1.807, 2.05) is 6.07 Å². The van der Waals surface area contributed by atoms with Crippen molar-refractivity contribution in [1.82, 2.24) is 15.0 Å². The van der Waals surface area contributed by atoms with Crippen LogP contribution in [0, 0.1) is 11.3 Å². The highest BCUT2D eigenvalue weighted by atomic mass is 16.2. The molecule has 0 aliphatic heterocycles. The summed E-state index contributed by atoms with van der Waals surface area (Å²) in [5.41, 5.74) is 1.15. The first-order valence-corrected chi connectivity index (χ1v) is 6.80. The standard InChI is InChI=1S/C16H11N5O2/c17-9-11-5-7-12(8-6-11)18-15(22)10-21-16(23)13-3-1-2-4-14(13)19-20-21/h1-8H,10H2,(H,18,22). The van der Waals surface area contributed by atoms with Crippen LogP contribution in [0.4, 0.5) is 5.69 Å². The summed E-state index contributed by atoms with van der Waals surface area (Å²) in [7, 11) is 0. The SMILES string of the molecule is N#Cc1ccc(NC(=O)Cn2nnc3ccccc3c2=O)cc1. The van der Waals surface area contributed by atoms with Crippen molar-refractivity contribution < 1.29 is 4.79 Å². The number of nitrogens with zero attached hydrogens (tertiary/aromatic N) is 4. The molecule has 0 saturated heterocycles. The lowest BCUT2D eigenvalue weighted by molar-refractivity contribution is -0.117. The minimum Gasteiger partial charge on any atom is -0.324 e. The zero-order chi connectivity index (χ0) is 16.2. The van der Waals surface area contributed by atoms with Crippen LogP contribution >= 0.6 is 0 Å². The molecule has 3 rings (SSSR count). The predicted octanol–water partition coefficient (Wildman–Crippen LogP) is 1.30. The van der Waals surface area contributed by atoms with E-state index in [-0.39, 0.29) is 12.1 Å². The molecular weight excluding hydrogens is 294 g/mol. The summed E-state index contributed by atoms with van der Waals surface area (Å²) in [5.74, 6) is -0.401. The molecule has 1 amide bonds. The van der Waals surface area contributed by atoms with Crippen molar-refractivity contribution in [3.8, 4) is 6.07 Å². The van der Waals surface area contributed by atoms with Crippen LogP contribution < -0.4 is 10.9 Å². The van der Waals surface area contributed by atoms with Crippen LogP contribution in [0.1, 0.15) is 5.56 Å². The molecule has 0 spiro atoms. The van der Waals surface area contributed by atoms with Gasteiger partial charge in [0, 0.05) is 5.69 Å². The number of amides is 1. The van der Waals surface area contributed by atoms with Gasteiger partial charge in [-0.05, 0) is 36.4 Å². The molecular formula is C16H11N5O2. The van der Waals surface area contributed by atoms with Crippen molar-refractivity contribution in [3.63, 3.8) is 0 Å². The Labute approximate surface area is 130 Å². The average molecular weight is 305 g/mol. The fourth-order valence-corrected chi connectivity index (χ4v) is 2.09. The molecule has 23 heavy (non-hydrogen) atoms. The molecule has 0 saturated carbocycles. The Bertz CT molecular complexity index is 970. The van der Waals surface area contributed by atoms with Gasteiger partial charge in [0.25, 0.3) is 5.56 Å². The van der Waals surface area contributed by atoms with E-state index in [0.717, 1.165) is 4.68 Å². The zero-order valence-electron chi connectivity index (χ0n) is 11.9. The Morgan fingerprint density at radius 2 is 1.91 bits per heavy atom. The number of rotatable bonds is 3. The van der Waals surface area contributed by atoms with Gasteiger partial charge in [-0.15, -0.1) is 5.10 Å². The van der Waals surface area contributed by atoms with Crippen molar-refractivity contribution >= 4 is 22.5 Å². The number of hydrogen-bond acceptors (Lipinski definition) is 5. The average Bonchev–Trinajstić information content (AvgIpc) is 2.58. The first-order valence-electron chi connectivity index (χ1n) is 6.80. The number of fused-ring (bicyclic) bond motifs is 1. The summed E-state index contributed by atoms with van der Waals surface area (Å²) in [4.78, 5) is 24.3. The Morgan fingerprint density at radius 3 is 2.65 bits per heavy atom. The second kappa shape index (κ2) is 6.07. The Kier molecular flexibility index (Phi) is 3.80. The zero-order valence-corrected chi connectivity index (χ0v) is 11.9. The highest BCUT2D eigenvalue weighted by Gasteiger charge is 2.09. The van der Waals surface area contributed by atoms with E-state index in [2.05, 4.69) is 15.6 Å². The topological polar surface area (TPSA) is 101 Å². The Balaban J connectivity index is 1.78. The van der Waals surface area contributed by atoms with Gasteiger partial charge in [0.15, 0.2) is 0 Å². The molecule has 0 atom stereocenters. The summed E-state index contributed by atoms with van der Waals surface area (Å²) in [6.45, 7) is -0.239. The Morgan fingerprint density at radius 1 is 1.17 bits per heavy atom. The largest absolute Gasteiger partial charge is 0.324 e. The van der Waals surface area contributed by atoms with Crippen molar-refractivity contribution in [3.05, 3.63) is 64.4 Å². The van der Waals surface area contributed by atoms with Gasteiger partial charge >= 0.3 is 0 Å². The highest BCUT2D eigenvalue weighted by Crippen LogP contribution is 2.09. The van der Waals surface area contributed by atoms with Gasteiger partial charge in [-0.2, -0.15) is 5.26 Å². The lowest BCUT2D eigenvalue weighted by atomic mass is 10.2. The Hall–Kier alpha value is -3.53. The molecule has 2 aromatic carbocycles. The summed E-state index contributed by atoms with van der Waals surface area (Å²) in [6.07, 6.45) is 0. The maximum absolute atomic E-state index is 12.2. The molecule has 7 nitrogen and oxygen atoms in total. The molecule has 1 heterocycles. The molecule has 0 fully saturated rings. The van der Waals surface area contributed by atoms with Crippen LogP contribution in [0.15, 0.2) is 53.3 Å². The summed E-state index contributed by atoms with van der Waals surface area (Å²) in [5, 5.41) is 19.5. The third-order valence-electron chi connectivity index (χ3n) is 3.22. The number of carbonyl (C=O) groups is 1. The van der Waals surface area contributed by atoms with Crippen LogP contribution in [0.5, 0.6) is 0 Å². The van der Waals surface area contributed by atoms with E-state index < -0.39 is 5.91 Å². The maximum atomic E-state index is 12.2. The van der Waals surface area contributed by atoms with E-state index in [0.29, 0.717) is 22.2 Å². The van der Waals surface area contributed by atoms with Crippen molar-refractivity contribution in [2.75, 3.05) is 5.32 Å². The van der Waals surface area contributed by atoms with Crippen LogP contribution in [0.3, 0.4) is 0 Å². The molecule has 0 aliphatic carbocycles. The number of nitriles is 1. The number of benzene rings is 2. The number of aromatic nitrogens is 3. The summed E-state index contributed by atoms with van der Waals surface area (Å²) >= 11 is 0. The number of anilines is 1. The molecule has 1 N–H and O–H groups in total. The molecule has 1 aromatic heterocycles. The molecule has 7 heteroatoms. The quantitative estimate of drug-likeness (QED) is 0.786. The van der Waals surface area contributed by atoms with Gasteiger partial charge in [-0.3, -0.25) is 9.59 Å². The molecule has 112 valence electrons. The van der Waals surface area contributed by atoms with Gasteiger partial charge < -0.3 is 5.32 Å². The van der Waals surface area contributed by atoms with Crippen LogP contribution in [0.25, 0.3) is 10.9 Å². The van der Waals surface area contributed by atoms with Gasteiger partial charge in [-0.25, -0.2) is 4.68 Å². The lowest BCUT2D eigenvalue weighted by Gasteiger charge is -2.06. The maximum Gasteiger partial charge on any atom is 0.278 e. The monoisotopic (exact) mass is 305 g/mol. The van der Waals surface area contributed by atoms with Crippen LogP contribution in [-0.2, 0) is 11.3 Å². The van der Waals surface area contributed by atoms with E-state index >= 15 is 0 Å². The van der Waals surface area contributed by atoms with Crippen molar-refractivity contribution in [1.29, 1.82) is 5.26 Å². The third-order valence-corrected chi connectivity index (χ3v) is 3.22. The first kappa shape index (κ1) is 14.4. The smallest absolute Gasteiger partial charge is 0.278 e. The second-order valence-corrected chi connectivity index (χ2v) is 4.81. The van der Waals surface area contributed by atoms with E-state index in [1.54, 1.807) is 48.5 Å². The van der Waals surface area contributed by atoms with Gasteiger partial charge in [-0.1, -0.05) is 17.3 Å². The van der Waals surface area contributed by atoms with Gasteiger partial charge in [0.1, 0.15) is 12.1 Å². The number of carbonyl (C=O) groups excluding carboxylic acids is 1. The van der Waals surface area contributed by atoms with Crippen molar-refractivity contribution in [2.45, 2.75) is 6.54 Å². The molecule has 0 radical (unpaired) electrons. The van der Waals surface area contributed by atoms with E-state index in [1.165, 1.54) is 0 Å². The highest BCUT2D eigenvalue weighted by molar-refractivity contribution is 5.90. The first-order chi connectivity index (χ1) is 11.2. The fourth-order valence-electron chi connectivity index (χ4n) is 2.09. The molecule has 0 unspecified atom stereocenters. The van der Waals surface area contributed by atoms with E-state index in [4.69, 9.17) is 5.26 Å². The van der Waals surface area contributed by atoms with Crippen molar-refractivity contribution in [2.24, 2.45) is 0 Å². The fraction of sp³-hybridized carbons (Fsp3) is 0.0625. The number of nitrogens with one attached hydrogen (secondary N) is 1. The third kappa shape index (κ3) is 3.06. The van der Waals surface area contributed by atoms with Gasteiger partial charge in [0.05, 0.1) is 17.0 Å². The lowest BCUT2D eigenvalue weighted by Crippen LogP contribution is -2.30.